The molecule has 1 N–H and O–H groups in total. The summed E-state index contributed by atoms with van der Waals surface area (Å²) in [6, 6.07) is 14.4. The van der Waals surface area contributed by atoms with Crippen LogP contribution in [0.4, 0.5) is 18.9 Å². The van der Waals surface area contributed by atoms with Crippen molar-refractivity contribution in [2.75, 3.05) is 17.4 Å². The summed E-state index contributed by atoms with van der Waals surface area (Å²) < 4.78 is 69.1. The molecule has 0 aliphatic carbocycles. The first-order valence-corrected chi connectivity index (χ1v) is 15.7. The molecule has 0 aliphatic heterocycles. The average molecular weight is 659 g/mol. The molecule has 0 radical (unpaired) electrons. The number of unbranched alkanes of at least 4 members (excludes halogenated alkanes) is 1. The van der Waals surface area contributed by atoms with E-state index in [1.165, 1.54) is 41.3 Å². The van der Waals surface area contributed by atoms with Crippen LogP contribution in [0.2, 0.25) is 10.0 Å². The molecule has 3 aromatic carbocycles. The maximum Gasteiger partial charge on any atom is 0.416 e. The number of carbonyl (C=O) groups excluding carboxylic acids is 2. The molecule has 0 bridgehead atoms. The summed E-state index contributed by atoms with van der Waals surface area (Å²) in [6.45, 7) is 2.95. The van der Waals surface area contributed by atoms with Crippen molar-refractivity contribution in [2.24, 2.45) is 0 Å². The summed E-state index contributed by atoms with van der Waals surface area (Å²) in [4.78, 5) is 28.3. The summed E-state index contributed by atoms with van der Waals surface area (Å²) >= 11 is 12.4. The number of nitrogens with one attached hydrogen (secondary N) is 1. The monoisotopic (exact) mass is 657 g/mol. The van der Waals surface area contributed by atoms with Gasteiger partial charge < -0.3 is 10.2 Å². The minimum absolute atomic E-state index is 0.171. The summed E-state index contributed by atoms with van der Waals surface area (Å²) in [5.74, 6) is -1.27. The number of hydrogen-bond donors (Lipinski definition) is 1. The lowest BCUT2D eigenvalue weighted by Crippen LogP contribution is -2.52. The zero-order chi connectivity index (χ0) is 31.8. The number of amides is 2. The minimum atomic E-state index is -4.76. The van der Waals surface area contributed by atoms with E-state index < -0.39 is 46.2 Å². The first-order chi connectivity index (χ1) is 20.3. The number of sulfonamides is 1. The molecule has 1 atom stereocenters. The molecule has 0 aromatic heterocycles. The molecule has 13 heteroatoms. The van der Waals surface area contributed by atoms with Crippen LogP contribution in [0.15, 0.2) is 77.7 Å². The van der Waals surface area contributed by atoms with Crippen molar-refractivity contribution in [3.05, 3.63) is 94.0 Å². The maximum absolute atomic E-state index is 14.1. The minimum Gasteiger partial charge on any atom is -0.354 e. The van der Waals surface area contributed by atoms with Crippen molar-refractivity contribution < 1.29 is 31.2 Å². The third-order valence-corrected chi connectivity index (χ3v) is 9.02. The fourth-order valence-corrected chi connectivity index (χ4v) is 6.24. The maximum atomic E-state index is 14.1. The Bertz CT molecular complexity index is 1520. The van der Waals surface area contributed by atoms with Gasteiger partial charge in [-0.3, -0.25) is 13.9 Å². The van der Waals surface area contributed by atoms with E-state index in [1.54, 1.807) is 25.1 Å². The van der Waals surface area contributed by atoms with Crippen molar-refractivity contribution in [3.63, 3.8) is 0 Å². The van der Waals surface area contributed by atoms with Gasteiger partial charge in [-0.2, -0.15) is 13.2 Å². The summed E-state index contributed by atoms with van der Waals surface area (Å²) in [7, 11) is -4.53. The molecule has 0 heterocycles. The molecular weight excluding hydrogens is 626 g/mol. The lowest BCUT2D eigenvalue weighted by molar-refractivity contribution is -0.140. The van der Waals surface area contributed by atoms with Crippen LogP contribution in [0, 0.1) is 0 Å². The van der Waals surface area contributed by atoms with Crippen LogP contribution in [0.25, 0.3) is 0 Å². The summed E-state index contributed by atoms with van der Waals surface area (Å²) in [5.41, 5.74) is -1.01. The van der Waals surface area contributed by atoms with E-state index in [4.69, 9.17) is 23.2 Å². The molecule has 0 fully saturated rings. The smallest absolute Gasteiger partial charge is 0.354 e. The largest absolute Gasteiger partial charge is 0.416 e. The molecule has 0 spiro atoms. The molecule has 0 aliphatic rings. The number of rotatable bonds is 13. The van der Waals surface area contributed by atoms with Gasteiger partial charge >= 0.3 is 6.18 Å². The highest BCUT2D eigenvalue weighted by molar-refractivity contribution is 7.92. The topological polar surface area (TPSA) is 86.8 Å². The van der Waals surface area contributed by atoms with Crippen molar-refractivity contribution in [2.45, 2.75) is 56.8 Å². The molecule has 232 valence electrons. The van der Waals surface area contributed by atoms with Gasteiger partial charge in [0, 0.05) is 23.1 Å². The van der Waals surface area contributed by atoms with Crippen LogP contribution in [-0.2, 0) is 32.3 Å². The van der Waals surface area contributed by atoms with Crippen LogP contribution >= 0.6 is 23.2 Å². The number of anilines is 1. The normalized spacial score (nSPS) is 12.4. The highest BCUT2D eigenvalue weighted by Crippen LogP contribution is 2.33. The van der Waals surface area contributed by atoms with E-state index in [2.05, 4.69) is 5.32 Å². The number of benzene rings is 3. The number of carbonyl (C=O) groups is 2. The Balaban J connectivity index is 2.10. The van der Waals surface area contributed by atoms with E-state index in [1.807, 2.05) is 6.92 Å². The number of halogens is 5. The lowest BCUT2D eigenvalue weighted by atomic mass is 10.1. The molecule has 3 aromatic rings. The van der Waals surface area contributed by atoms with Crippen molar-refractivity contribution in [1.29, 1.82) is 0 Å². The van der Waals surface area contributed by atoms with Crippen LogP contribution in [-0.4, -0.2) is 44.3 Å². The van der Waals surface area contributed by atoms with E-state index in [0.29, 0.717) is 33.9 Å². The van der Waals surface area contributed by atoms with Gasteiger partial charge in [0.15, 0.2) is 0 Å². The predicted molar refractivity (Wildman–Crippen MR) is 161 cm³/mol. The fraction of sp³-hybridized carbons (Fsp3) is 0.333. The zero-order valence-electron chi connectivity index (χ0n) is 23.6. The Kier molecular flexibility index (Phi) is 11.9. The van der Waals surface area contributed by atoms with E-state index >= 15 is 0 Å². The molecule has 3 rings (SSSR count). The van der Waals surface area contributed by atoms with E-state index in [0.717, 1.165) is 18.6 Å². The standard InChI is InChI=1S/C30H32Cl2F3N3O4S/c1-3-5-16-36-29(40)27(4-2)37(19-21-14-15-23(31)18-26(21)32)28(39)20-38(43(41,42)25-12-7-6-8-13-25)24-11-9-10-22(17-24)30(33,34)35/h6-15,17-18,27H,3-5,16,19-20H2,1-2H3,(H,36,40)/t27-/m0/s1. The first kappa shape index (κ1) is 34.2. The van der Waals surface area contributed by atoms with Gasteiger partial charge in [0.05, 0.1) is 16.1 Å². The summed E-state index contributed by atoms with van der Waals surface area (Å²) in [5, 5.41) is 3.37. The number of hydrogen-bond acceptors (Lipinski definition) is 4. The average Bonchev–Trinajstić information content (AvgIpc) is 2.97. The Morgan fingerprint density at radius 1 is 0.953 bits per heavy atom. The highest BCUT2D eigenvalue weighted by atomic mass is 35.5. The summed E-state index contributed by atoms with van der Waals surface area (Å²) in [6.07, 6.45) is -3.06. The zero-order valence-corrected chi connectivity index (χ0v) is 25.9. The highest BCUT2D eigenvalue weighted by Gasteiger charge is 2.36. The predicted octanol–water partition coefficient (Wildman–Crippen LogP) is 6.93. The quantitative estimate of drug-likeness (QED) is 0.202. The second-order valence-electron chi connectivity index (χ2n) is 9.70. The molecule has 0 unspecified atom stereocenters. The Labute approximate surface area is 259 Å². The SMILES string of the molecule is CCCCNC(=O)[C@H](CC)N(Cc1ccc(Cl)cc1Cl)C(=O)CN(c1cccc(C(F)(F)F)c1)S(=O)(=O)c1ccccc1. The Morgan fingerprint density at radius 3 is 2.26 bits per heavy atom. The van der Waals surface area contributed by atoms with E-state index in [9.17, 15) is 31.2 Å². The molecule has 2 amide bonds. The Hall–Kier alpha value is -3.28. The Morgan fingerprint density at radius 2 is 1.65 bits per heavy atom. The van der Waals surface area contributed by atoms with Gasteiger partial charge in [-0.05, 0) is 60.9 Å². The first-order valence-electron chi connectivity index (χ1n) is 13.6. The van der Waals surface area contributed by atoms with Crippen LogP contribution in [0.3, 0.4) is 0 Å². The lowest BCUT2D eigenvalue weighted by Gasteiger charge is -2.33. The third kappa shape index (κ3) is 8.87. The molecule has 43 heavy (non-hydrogen) atoms. The van der Waals surface area contributed by atoms with Crippen LogP contribution in [0.5, 0.6) is 0 Å². The second kappa shape index (κ2) is 14.9. The van der Waals surface area contributed by atoms with Crippen LogP contribution < -0.4 is 9.62 Å². The fourth-order valence-electron chi connectivity index (χ4n) is 4.34. The van der Waals surface area contributed by atoms with Crippen molar-refractivity contribution in [1.82, 2.24) is 10.2 Å². The number of nitrogens with zero attached hydrogens (tertiary/aromatic N) is 2. The van der Waals surface area contributed by atoms with Crippen molar-refractivity contribution >= 4 is 50.7 Å². The molecule has 0 saturated carbocycles. The number of alkyl halides is 3. The molecule has 7 nitrogen and oxygen atoms in total. The van der Waals surface area contributed by atoms with Crippen LogP contribution in [0.1, 0.15) is 44.2 Å². The van der Waals surface area contributed by atoms with Gasteiger partial charge in [0.1, 0.15) is 12.6 Å². The van der Waals surface area contributed by atoms with Gasteiger partial charge in [0.25, 0.3) is 10.0 Å². The third-order valence-electron chi connectivity index (χ3n) is 6.64. The second-order valence-corrected chi connectivity index (χ2v) is 12.4. The van der Waals surface area contributed by atoms with Gasteiger partial charge in [0.2, 0.25) is 11.8 Å². The van der Waals surface area contributed by atoms with Gasteiger partial charge in [-0.15, -0.1) is 0 Å². The van der Waals surface area contributed by atoms with Gasteiger partial charge in [-0.1, -0.05) is 73.8 Å². The molecular formula is C30H32Cl2F3N3O4S. The van der Waals surface area contributed by atoms with E-state index in [-0.39, 0.29) is 28.6 Å². The molecule has 0 saturated heterocycles. The van der Waals surface area contributed by atoms with Crippen molar-refractivity contribution in [3.8, 4) is 0 Å². The van der Waals surface area contributed by atoms with Gasteiger partial charge in [-0.25, -0.2) is 8.42 Å².